The molecule has 0 aliphatic carbocycles. The van der Waals surface area contributed by atoms with E-state index in [2.05, 4.69) is 44.1 Å². The molecule has 0 aliphatic heterocycles. The maximum absolute atomic E-state index is 5.04. The molecule has 0 amide bonds. The fourth-order valence-electron chi connectivity index (χ4n) is 2.01. The lowest BCUT2D eigenvalue weighted by molar-refractivity contribution is 0.398. The number of nitrogens with zero attached hydrogens (tertiary/aromatic N) is 1. The average Bonchev–Trinajstić information content (AvgIpc) is 2.87. The quantitative estimate of drug-likeness (QED) is 0.768. The van der Waals surface area contributed by atoms with E-state index in [1.807, 2.05) is 30.4 Å². The molecule has 3 nitrogen and oxygen atoms in total. The first-order valence-electron chi connectivity index (χ1n) is 6.21. The van der Waals surface area contributed by atoms with Gasteiger partial charge in [0.05, 0.1) is 7.11 Å². The summed E-state index contributed by atoms with van der Waals surface area (Å²) in [6.07, 6.45) is 5.85. The number of methoxy groups -OCH3 is 1. The number of hydrogen-bond donors (Lipinski definition) is 1. The maximum Gasteiger partial charge on any atom is 0.212 e. The predicted octanol–water partition coefficient (Wildman–Crippen LogP) is 4.50. The molecule has 0 bridgehead atoms. The molecule has 1 aromatic carbocycles. The van der Waals surface area contributed by atoms with E-state index in [0.717, 1.165) is 21.2 Å². The van der Waals surface area contributed by atoms with Gasteiger partial charge in [-0.05, 0) is 35.9 Å². The summed E-state index contributed by atoms with van der Waals surface area (Å²) in [6.45, 7) is 0. The zero-order valence-electron chi connectivity index (χ0n) is 10.9. The number of pyridine rings is 1. The summed E-state index contributed by atoms with van der Waals surface area (Å²) in [5, 5.41) is 1.20. The number of H-pyrrole nitrogens is 1. The number of rotatable bonds is 3. The number of hydrogen-bond acceptors (Lipinski definition) is 2. The minimum Gasteiger partial charge on any atom is -0.481 e. The first-order valence-corrected chi connectivity index (χ1v) is 7.00. The maximum atomic E-state index is 5.04. The van der Waals surface area contributed by atoms with Crippen LogP contribution in [0.15, 0.2) is 47.1 Å². The summed E-state index contributed by atoms with van der Waals surface area (Å²) in [4.78, 5) is 7.54. The largest absolute Gasteiger partial charge is 0.481 e. The molecule has 0 fully saturated rings. The third-order valence-electron chi connectivity index (χ3n) is 3.03. The van der Waals surface area contributed by atoms with Crippen molar-refractivity contribution in [3.8, 4) is 5.88 Å². The Morgan fingerprint density at radius 1 is 1.15 bits per heavy atom. The van der Waals surface area contributed by atoms with Crippen LogP contribution in [0.2, 0.25) is 0 Å². The summed E-state index contributed by atoms with van der Waals surface area (Å²) in [5.74, 6) is 0.623. The van der Waals surface area contributed by atoms with Crippen molar-refractivity contribution in [2.24, 2.45) is 0 Å². The molecular formula is C16H13BrN2O. The summed E-state index contributed by atoms with van der Waals surface area (Å²) in [7, 11) is 1.61. The van der Waals surface area contributed by atoms with E-state index < -0.39 is 0 Å². The number of benzene rings is 1. The zero-order chi connectivity index (χ0) is 13.9. The number of aromatic amines is 1. The molecule has 0 atom stereocenters. The van der Waals surface area contributed by atoms with Crippen LogP contribution in [-0.2, 0) is 0 Å². The van der Waals surface area contributed by atoms with E-state index in [1.54, 1.807) is 13.3 Å². The summed E-state index contributed by atoms with van der Waals surface area (Å²) in [5.41, 5.74) is 3.21. The fraction of sp³-hybridized carbons (Fsp3) is 0.0625. The molecule has 0 saturated heterocycles. The first-order chi connectivity index (χ1) is 9.74. The SMILES string of the molecule is COc1ccc(/C=C/c2cc3ccc(Br)cc3[nH]2)cn1. The van der Waals surface area contributed by atoms with Gasteiger partial charge in [-0.3, -0.25) is 0 Å². The molecule has 0 radical (unpaired) electrons. The molecule has 2 heterocycles. The monoisotopic (exact) mass is 328 g/mol. The molecule has 100 valence electrons. The molecule has 1 N–H and O–H groups in total. The minimum atomic E-state index is 0.623. The van der Waals surface area contributed by atoms with Gasteiger partial charge in [0.15, 0.2) is 0 Å². The smallest absolute Gasteiger partial charge is 0.212 e. The standard InChI is InChI=1S/C16H13BrN2O/c1-20-16-7-3-11(10-18-16)2-6-14-8-12-4-5-13(17)9-15(12)19-14/h2-10,19H,1H3/b6-2+. The topological polar surface area (TPSA) is 37.9 Å². The van der Waals surface area contributed by atoms with Crippen molar-refractivity contribution >= 4 is 39.0 Å². The van der Waals surface area contributed by atoms with E-state index in [1.165, 1.54) is 5.39 Å². The number of fused-ring (bicyclic) bond motifs is 1. The second-order valence-corrected chi connectivity index (χ2v) is 5.34. The third-order valence-corrected chi connectivity index (χ3v) is 3.52. The Labute approximate surface area is 125 Å². The van der Waals surface area contributed by atoms with Gasteiger partial charge in [-0.25, -0.2) is 4.98 Å². The van der Waals surface area contributed by atoms with E-state index in [4.69, 9.17) is 4.74 Å². The van der Waals surface area contributed by atoms with Crippen LogP contribution >= 0.6 is 15.9 Å². The van der Waals surface area contributed by atoms with Gasteiger partial charge in [-0.15, -0.1) is 0 Å². The average molecular weight is 329 g/mol. The van der Waals surface area contributed by atoms with Crippen molar-refractivity contribution in [3.63, 3.8) is 0 Å². The Morgan fingerprint density at radius 2 is 2.05 bits per heavy atom. The van der Waals surface area contributed by atoms with Crippen LogP contribution in [0.4, 0.5) is 0 Å². The highest BCUT2D eigenvalue weighted by Gasteiger charge is 1.99. The van der Waals surface area contributed by atoms with Gasteiger partial charge in [-0.1, -0.05) is 28.1 Å². The summed E-state index contributed by atoms with van der Waals surface area (Å²) in [6, 6.07) is 12.1. The minimum absolute atomic E-state index is 0.623. The van der Waals surface area contributed by atoms with Crippen LogP contribution in [0.3, 0.4) is 0 Å². The lowest BCUT2D eigenvalue weighted by atomic mass is 10.2. The second-order valence-electron chi connectivity index (χ2n) is 4.42. The van der Waals surface area contributed by atoms with E-state index >= 15 is 0 Å². The van der Waals surface area contributed by atoms with Crippen molar-refractivity contribution < 1.29 is 4.74 Å². The van der Waals surface area contributed by atoms with E-state index in [9.17, 15) is 0 Å². The van der Waals surface area contributed by atoms with Gasteiger partial charge in [0.1, 0.15) is 0 Å². The van der Waals surface area contributed by atoms with Gasteiger partial charge in [-0.2, -0.15) is 0 Å². The van der Waals surface area contributed by atoms with Gasteiger partial charge in [0, 0.05) is 33.3 Å². The van der Waals surface area contributed by atoms with Gasteiger partial charge < -0.3 is 9.72 Å². The van der Waals surface area contributed by atoms with Gasteiger partial charge in [0.25, 0.3) is 0 Å². The van der Waals surface area contributed by atoms with Crippen molar-refractivity contribution in [3.05, 3.63) is 58.3 Å². The Kier molecular flexibility index (Phi) is 3.56. The Hall–Kier alpha value is -2.07. The van der Waals surface area contributed by atoms with E-state index in [-0.39, 0.29) is 0 Å². The highest BCUT2D eigenvalue weighted by molar-refractivity contribution is 9.10. The Bertz CT molecular complexity index is 760. The summed E-state index contributed by atoms with van der Waals surface area (Å²) >= 11 is 3.47. The fourth-order valence-corrected chi connectivity index (χ4v) is 2.37. The second kappa shape index (κ2) is 5.51. The highest BCUT2D eigenvalue weighted by Crippen LogP contribution is 2.21. The van der Waals surface area contributed by atoms with Crippen molar-refractivity contribution in [1.29, 1.82) is 0 Å². The number of nitrogens with one attached hydrogen (secondary N) is 1. The van der Waals surface area contributed by atoms with Crippen LogP contribution in [0.25, 0.3) is 23.1 Å². The van der Waals surface area contributed by atoms with Crippen molar-refractivity contribution in [2.45, 2.75) is 0 Å². The third kappa shape index (κ3) is 2.75. The molecule has 0 spiro atoms. The van der Waals surface area contributed by atoms with Crippen LogP contribution < -0.4 is 4.74 Å². The number of halogens is 1. The molecule has 0 aliphatic rings. The molecule has 3 aromatic rings. The number of ether oxygens (including phenoxy) is 1. The Balaban J connectivity index is 1.85. The molecule has 2 aromatic heterocycles. The normalized spacial score (nSPS) is 11.3. The van der Waals surface area contributed by atoms with Gasteiger partial charge in [0.2, 0.25) is 5.88 Å². The lowest BCUT2D eigenvalue weighted by Gasteiger charge is -1.97. The van der Waals surface area contributed by atoms with Crippen molar-refractivity contribution in [2.75, 3.05) is 7.11 Å². The molecule has 20 heavy (non-hydrogen) atoms. The molecule has 0 unspecified atom stereocenters. The summed E-state index contributed by atoms with van der Waals surface area (Å²) < 4.78 is 6.11. The predicted molar refractivity (Wildman–Crippen MR) is 85.7 cm³/mol. The van der Waals surface area contributed by atoms with Crippen molar-refractivity contribution in [1.82, 2.24) is 9.97 Å². The molecule has 4 heteroatoms. The Morgan fingerprint density at radius 3 is 2.80 bits per heavy atom. The van der Waals surface area contributed by atoms with Crippen LogP contribution in [0.1, 0.15) is 11.3 Å². The molecular weight excluding hydrogens is 316 g/mol. The molecule has 0 saturated carbocycles. The lowest BCUT2D eigenvalue weighted by Crippen LogP contribution is -1.86. The zero-order valence-corrected chi connectivity index (χ0v) is 12.5. The highest BCUT2D eigenvalue weighted by atomic mass is 79.9. The molecule has 3 rings (SSSR count). The van der Waals surface area contributed by atoms with Crippen LogP contribution in [0, 0.1) is 0 Å². The van der Waals surface area contributed by atoms with E-state index in [0.29, 0.717) is 5.88 Å². The van der Waals surface area contributed by atoms with Gasteiger partial charge >= 0.3 is 0 Å². The number of aromatic nitrogens is 2. The van der Waals surface area contributed by atoms with Crippen LogP contribution in [-0.4, -0.2) is 17.1 Å². The van der Waals surface area contributed by atoms with Crippen LogP contribution in [0.5, 0.6) is 5.88 Å². The first kappa shape index (κ1) is 12.9.